The van der Waals surface area contributed by atoms with Crippen molar-refractivity contribution in [2.75, 3.05) is 0 Å². The third kappa shape index (κ3) is 2.76. The Hall–Kier alpha value is -0.860. The van der Waals surface area contributed by atoms with E-state index in [1.807, 2.05) is 11.3 Å². The largest absolute Gasteiger partial charge is 0.324 e. The summed E-state index contributed by atoms with van der Waals surface area (Å²) >= 11 is 1.81. The fourth-order valence-electron chi connectivity index (χ4n) is 2.61. The maximum atomic E-state index is 6.51. The number of hydrogen-bond donors (Lipinski definition) is 1. The van der Waals surface area contributed by atoms with Gasteiger partial charge < -0.3 is 5.73 Å². The molecule has 1 nitrogen and oxygen atoms in total. The lowest BCUT2D eigenvalue weighted by Gasteiger charge is -2.22. The fourth-order valence-corrected chi connectivity index (χ4v) is 3.62. The highest BCUT2D eigenvalue weighted by atomic mass is 32.1. The molecule has 18 heavy (non-hydrogen) atoms. The van der Waals surface area contributed by atoms with E-state index in [4.69, 9.17) is 5.73 Å². The minimum absolute atomic E-state index is 0.192. The number of thiophene rings is 1. The summed E-state index contributed by atoms with van der Waals surface area (Å²) in [6.45, 7) is 4.51. The molecule has 0 spiro atoms. The highest BCUT2D eigenvalue weighted by molar-refractivity contribution is 7.17. The number of hydrogen-bond acceptors (Lipinski definition) is 2. The Morgan fingerprint density at radius 2 is 2.00 bits per heavy atom. The van der Waals surface area contributed by atoms with Crippen LogP contribution >= 0.6 is 11.3 Å². The third-order valence-corrected chi connectivity index (χ3v) is 4.81. The lowest BCUT2D eigenvalue weighted by Crippen LogP contribution is -2.20. The molecule has 2 atom stereocenters. The molecule has 2 rings (SSSR count). The highest BCUT2D eigenvalue weighted by Crippen LogP contribution is 2.35. The van der Waals surface area contributed by atoms with Gasteiger partial charge in [0, 0.05) is 10.7 Å². The van der Waals surface area contributed by atoms with Crippen LogP contribution in [0.1, 0.15) is 51.1 Å². The van der Waals surface area contributed by atoms with Crippen molar-refractivity contribution in [2.45, 2.75) is 45.6 Å². The first-order valence-corrected chi connectivity index (χ1v) is 7.87. The van der Waals surface area contributed by atoms with Crippen LogP contribution in [0.25, 0.3) is 10.1 Å². The van der Waals surface area contributed by atoms with E-state index >= 15 is 0 Å². The van der Waals surface area contributed by atoms with Gasteiger partial charge in [0.25, 0.3) is 0 Å². The van der Waals surface area contributed by atoms with Crippen molar-refractivity contribution >= 4 is 21.4 Å². The Morgan fingerprint density at radius 1 is 1.22 bits per heavy atom. The summed E-state index contributed by atoms with van der Waals surface area (Å²) in [6, 6.07) is 8.79. The minimum atomic E-state index is 0.192. The van der Waals surface area contributed by atoms with Crippen LogP contribution < -0.4 is 5.73 Å². The van der Waals surface area contributed by atoms with E-state index in [0.29, 0.717) is 5.92 Å². The van der Waals surface area contributed by atoms with Crippen molar-refractivity contribution in [2.24, 2.45) is 11.7 Å². The molecule has 0 aliphatic heterocycles. The number of fused-ring (bicyclic) bond motifs is 1. The normalized spacial score (nSPS) is 14.8. The van der Waals surface area contributed by atoms with Gasteiger partial charge in [0.15, 0.2) is 0 Å². The molecule has 0 saturated carbocycles. The molecule has 0 amide bonds. The SMILES string of the molecule is CCCCC(CC)C(N)c1csc2ccccc12. The van der Waals surface area contributed by atoms with Crippen LogP contribution in [0.5, 0.6) is 0 Å². The fraction of sp³-hybridized carbons (Fsp3) is 0.500. The van der Waals surface area contributed by atoms with Crippen molar-refractivity contribution in [1.29, 1.82) is 0 Å². The van der Waals surface area contributed by atoms with Crippen LogP contribution in [0.15, 0.2) is 29.6 Å². The molecule has 1 aromatic heterocycles. The van der Waals surface area contributed by atoms with Gasteiger partial charge in [-0.05, 0) is 34.7 Å². The second-order valence-electron chi connectivity index (χ2n) is 5.02. The van der Waals surface area contributed by atoms with Gasteiger partial charge >= 0.3 is 0 Å². The molecular formula is C16H23NS. The molecule has 0 radical (unpaired) electrons. The van der Waals surface area contributed by atoms with E-state index < -0.39 is 0 Å². The van der Waals surface area contributed by atoms with Gasteiger partial charge in [0.2, 0.25) is 0 Å². The van der Waals surface area contributed by atoms with E-state index in [9.17, 15) is 0 Å². The standard InChI is InChI=1S/C16H23NS/c1-3-5-8-12(4-2)16(17)14-11-18-15-10-7-6-9-13(14)15/h6-7,9-12,16H,3-5,8,17H2,1-2H3. The van der Waals surface area contributed by atoms with Gasteiger partial charge in [0.05, 0.1) is 0 Å². The highest BCUT2D eigenvalue weighted by Gasteiger charge is 2.20. The summed E-state index contributed by atoms with van der Waals surface area (Å²) < 4.78 is 1.35. The first kappa shape index (κ1) is 13.6. The van der Waals surface area contributed by atoms with Crippen molar-refractivity contribution in [3.8, 4) is 0 Å². The van der Waals surface area contributed by atoms with E-state index in [1.54, 1.807) is 0 Å². The lowest BCUT2D eigenvalue weighted by atomic mass is 9.87. The molecule has 2 aromatic rings. The lowest BCUT2D eigenvalue weighted by molar-refractivity contribution is 0.380. The maximum Gasteiger partial charge on any atom is 0.0346 e. The summed E-state index contributed by atoms with van der Waals surface area (Å²) in [4.78, 5) is 0. The summed E-state index contributed by atoms with van der Waals surface area (Å²) in [5.74, 6) is 0.614. The van der Waals surface area contributed by atoms with Crippen LogP contribution in [0, 0.1) is 5.92 Å². The van der Waals surface area contributed by atoms with Crippen molar-refractivity contribution in [3.63, 3.8) is 0 Å². The first-order valence-electron chi connectivity index (χ1n) is 6.99. The molecule has 1 heterocycles. The molecule has 1 aromatic carbocycles. The predicted octanol–water partition coefficient (Wildman–Crippen LogP) is 5.12. The predicted molar refractivity (Wildman–Crippen MR) is 82.1 cm³/mol. The smallest absolute Gasteiger partial charge is 0.0346 e. The quantitative estimate of drug-likeness (QED) is 0.767. The number of rotatable bonds is 6. The van der Waals surface area contributed by atoms with E-state index in [0.717, 1.165) is 0 Å². The van der Waals surface area contributed by atoms with Crippen LogP contribution in [0.4, 0.5) is 0 Å². The van der Waals surface area contributed by atoms with Gasteiger partial charge in [-0.25, -0.2) is 0 Å². The number of benzene rings is 1. The third-order valence-electron chi connectivity index (χ3n) is 3.83. The zero-order valence-electron chi connectivity index (χ0n) is 11.4. The average molecular weight is 261 g/mol. The molecule has 0 aliphatic rings. The average Bonchev–Trinajstić information content (AvgIpc) is 2.83. The monoisotopic (exact) mass is 261 g/mol. The summed E-state index contributed by atoms with van der Waals surface area (Å²) in [5, 5.41) is 3.61. The summed E-state index contributed by atoms with van der Waals surface area (Å²) in [7, 11) is 0. The van der Waals surface area contributed by atoms with E-state index in [1.165, 1.54) is 41.3 Å². The Balaban J connectivity index is 2.23. The van der Waals surface area contributed by atoms with Gasteiger partial charge in [-0.3, -0.25) is 0 Å². The molecule has 0 aliphatic carbocycles. The Bertz CT molecular complexity index is 489. The summed E-state index contributed by atoms with van der Waals surface area (Å²) in [5.41, 5.74) is 7.85. The van der Waals surface area contributed by atoms with Crippen molar-refractivity contribution in [3.05, 3.63) is 35.2 Å². The molecule has 2 heteroatoms. The Kier molecular flexibility index (Phi) is 4.79. The molecular weight excluding hydrogens is 238 g/mol. The van der Waals surface area contributed by atoms with Crippen LogP contribution in [0.2, 0.25) is 0 Å². The zero-order valence-corrected chi connectivity index (χ0v) is 12.2. The molecule has 2 N–H and O–H groups in total. The zero-order chi connectivity index (χ0) is 13.0. The van der Waals surface area contributed by atoms with Crippen molar-refractivity contribution in [1.82, 2.24) is 0 Å². The van der Waals surface area contributed by atoms with Crippen LogP contribution in [-0.2, 0) is 0 Å². The second kappa shape index (κ2) is 6.35. The second-order valence-corrected chi connectivity index (χ2v) is 5.93. The van der Waals surface area contributed by atoms with Crippen LogP contribution in [0.3, 0.4) is 0 Å². The molecule has 98 valence electrons. The maximum absolute atomic E-state index is 6.51. The molecule has 0 fully saturated rings. The minimum Gasteiger partial charge on any atom is -0.324 e. The summed E-state index contributed by atoms with van der Waals surface area (Å²) in [6.07, 6.45) is 4.96. The van der Waals surface area contributed by atoms with E-state index in [2.05, 4.69) is 43.5 Å². The van der Waals surface area contributed by atoms with Gasteiger partial charge in [-0.1, -0.05) is 51.3 Å². The molecule has 0 saturated heterocycles. The number of nitrogens with two attached hydrogens (primary N) is 1. The topological polar surface area (TPSA) is 26.0 Å². The number of unbranched alkanes of at least 4 members (excludes halogenated alkanes) is 1. The van der Waals surface area contributed by atoms with Gasteiger partial charge in [-0.15, -0.1) is 11.3 Å². The van der Waals surface area contributed by atoms with Gasteiger partial charge in [0.1, 0.15) is 0 Å². The van der Waals surface area contributed by atoms with Crippen LogP contribution in [-0.4, -0.2) is 0 Å². The Morgan fingerprint density at radius 3 is 2.72 bits per heavy atom. The molecule has 2 unspecified atom stereocenters. The molecule has 0 bridgehead atoms. The van der Waals surface area contributed by atoms with Crippen molar-refractivity contribution < 1.29 is 0 Å². The van der Waals surface area contributed by atoms with E-state index in [-0.39, 0.29) is 6.04 Å². The van der Waals surface area contributed by atoms with Gasteiger partial charge in [-0.2, -0.15) is 0 Å². The first-order chi connectivity index (χ1) is 8.77. The Labute approximate surface area is 114 Å².